The zero-order valence-corrected chi connectivity index (χ0v) is 13.6. The summed E-state index contributed by atoms with van der Waals surface area (Å²) in [6.45, 7) is 4.03. The highest BCUT2D eigenvalue weighted by Crippen LogP contribution is 2.38. The molecule has 114 valence electrons. The summed E-state index contributed by atoms with van der Waals surface area (Å²) in [5, 5.41) is 6.45. The topological polar surface area (TPSA) is 43.4 Å². The van der Waals surface area contributed by atoms with Crippen LogP contribution in [0.1, 0.15) is 25.5 Å². The second kappa shape index (κ2) is 8.00. The van der Waals surface area contributed by atoms with Gasteiger partial charge in [0.05, 0.1) is 25.5 Å². The molecule has 0 saturated carbocycles. The molecule has 1 aromatic carbocycles. The molecule has 0 aliphatic carbocycles. The molecule has 0 bridgehead atoms. The van der Waals surface area contributed by atoms with Gasteiger partial charge in [0.25, 0.3) is 0 Å². The first-order chi connectivity index (χ1) is 10.3. The van der Waals surface area contributed by atoms with Gasteiger partial charge in [-0.15, -0.1) is 11.3 Å². The average molecular weight is 306 g/mol. The summed E-state index contributed by atoms with van der Waals surface area (Å²) in [5.41, 5.74) is 2.04. The van der Waals surface area contributed by atoms with Gasteiger partial charge < -0.3 is 14.8 Å². The van der Waals surface area contributed by atoms with Crippen LogP contribution < -0.4 is 14.8 Å². The number of aromatic nitrogens is 1. The van der Waals surface area contributed by atoms with Crippen molar-refractivity contribution >= 4 is 11.3 Å². The van der Waals surface area contributed by atoms with Crippen LogP contribution in [0, 0.1) is 0 Å². The third-order valence-electron chi connectivity index (χ3n) is 3.20. The second-order valence-corrected chi connectivity index (χ2v) is 5.57. The predicted molar refractivity (Wildman–Crippen MR) is 87.3 cm³/mol. The van der Waals surface area contributed by atoms with Gasteiger partial charge >= 0.3 is 0 Å². The minimum absolute atomic E-state index is 0.729. The molecule has 0 unspecified atom stereocenters. The molecule has 0 amide bonds. The smallest absolute Gasteiger partial charge is 0.170 e. The molecule has 1 heterocycles. The van der Waals surface area contributed by atoms with Crippen LogP contribution in [0.25, 0.3) is 10.6 Å². The first-order valence-corrected chi connectivity index (χ1v) is 8.04. The number of thiazole rings is 1. The minimum atomic E-state index is 0.729. The molecule has 1 aromatic heterocycles. The van der Waals surface area contributed by atoms with Crippen LogP contribution in [-0.2, 0) is 6.54 Å². The van der Waals surface area contributed by atoms with Gasteiger partial charge in [-0.3, -0.25) is 0 Å². The van der Waals surface area contributed by atoms with Gasteiger partial charge in [-0.1, -0.05) is 19.4 Å². The van der Waals surface area contributed by atoms with E-state index in [-0.39, 0.29) is 0 Å². The maximum absolute atomic E-state index is 5.47. The predicted octanol–water partition coefficient (Wildman–Crippen LogP) is 3.72. The molecule has 4 nitrogen and oxygen atoms in total. The molecule has 0 spiro atoms. The number of rotatable bonds is 8. The van der Waals surface area contributed by atoms with Crippen LogP contribution in [0.3, 0.4) is 0 Å². The zero-order valence-electron chi connectivity index (χ0n) is 12.8. The minimum Gasteiger partial charge on any atom is -0.493 e. The van der Waals surface area contributed by atoms with E-state index < -0.39 is 0 Å². The van der Waals surface area contributed by atoms with E-state index in [2.05, 4.69) is 22.6 Å². The number of hydrogen-bond donors (Lipinski definition) is 1. The number of nitrogens with one attached hydrogen (secondary N) is 1. The van der Waals surface area contributed by atoms with Crippen LogP contribution in [0.15, 0.2) is 23.6 Å². The maximum atomic E-state index is 5.47. The third-order valence-corrected chi connectivity index (χ3v) is 4.12. The summed E-state index contributed by atoms with van der Waals surface area (Å²) in [4.78, 5) is 4.68. The molecule has 2 rings (SSSR count). The molecule has 0 radical (unpaired) electrons. The SMILES string of the molecule is CCCCNCc1csc(-c2cccc(OC)c2OC)n1. The van der Waals surface area contributed by atoms with Crippen molar-refractivity contribution in [3.63, 3.8) is 0 Å². The summed E-state index contributed by atoms with van der Waals surface area (Å²) in [5.74, 6) is 1.47. The molecule has 21 heavy (non-hydrogen) atoms. The Morgan fingerprint density at radius 1 is 1.24 bits per heavy atom. The van der Waals surface area contributed by atoms with Crippen LogP contribution in [0.5, 0.6) is 11.5 Å². The highest BCUT2D eigenvalue weighted by molar-refractivity contribution is 7.13. The highest BCUT2D eigenvalue weighted by atomic mass is 32.1. The lowest BCUT2D eigenvalue weighted by Gasteiger charge is -2.10. The molecule has 0 aliphatic rings. The Morgan fingerprint density at radius 2 is 2.10 bits per heavy atom. The Morgan fingerprint density at radius 3 is 2.81 bits per heavy atom. The fraction of sp³-hybridized carbons (Fsp3) is 0.438. The Balaban J connectivity index is 2.14. The molecular weight excluding hydrogens is 284 g/mol. The fourth-order valence-electron chi connectivity index (χ4n) is 2.09. The van der Waals surface area contributed by atoms with Gasteiger partial charge in [-0.2, -0.15) is 0 Å². The highest BCUT2D eigenvalue weighted by Gasteiger charge is 2.14. The maximum Gasteiger partial charge on any atom is 0.170 e. The monoisotopic (exact) mass is 306 g/mol. The van der Waals surface area contributed by atoms with Gasteiger partial charge in [0.1, 0.15) is 5.01 Å². The number of unbranched alkanes of at least 4 members (excludes halogenated alkanes) is 1. The molecule has 0 atom stereocenters. The van der Waals surface area contributed by atoms with Gasteiger partial charge in [-0.05, 0) is 25.1 Å². The van der Waals surface area contributed by atoms with Gasteiger partial charge in [0.15, 0.2) is 11.5 Å². The third kappa shape index (κ3) is 3.95. The van der Waals surface area contributed by atoms with Gasteiger partial charge in [0.2, 0.25) is 0 Å². The van der Waals surface area contributed by atoms with Gasteiger partial charge in [-0.25, -0.2) is 4.98 Å². The van der Waals surface area contributed by atoms with E-state index in [1.807, 2.05) is 18.2 Å². The zero-order chi connectivity index (χ0) is 15.1. The summed E-state index contributed by atoms with van der Waals surface area (Å²) in [7, 11) is 3.30. The van der Waals surface area contributed by atoms with Crippen molar-refractivity contribution in [3.05, 3.63) is 29.3 Å². The molecule has 1 N–H and O–H groups in total. The van der Waals surface area contributed by atoms with Gasteiger partial charge in [0, 0.05) is 11.9 Å². The number of para-hydroxylation sites is 1. The van der Waals surface area contributed by atoms with E-state index in [4.69, 9.17) is 9.47 Å². The summed E-state index contributed by atoms with van der Waals surface area (Å²) < 4.78 is 10.8. The molecular formula is C16H22N2O2S. The van der Waals surface area contributed by atoms with E-state index in [0.717, 1.165) is 40.9 Å². The van der Waals surface area contributed by atoms with E-state index in [1.54, 1.807) is 25.6 Å². The molecule has 0 saturated heterocycles. The first-order valence-electron chi connectivity index (χ1n) is 7.16. The summed E-state index contributed by atoms with van der Waals surface area (Å²) in [6, 6.07) is 5.86. The van der Waals surface area contributed by atoms with Crippen molar-refractivity contribution in [2.45, 2.75) is 26.3 Å². The standard InChI is InChI=1S/C16H22N2O2S/c1-4-5-9-17-10-12-11-21-16(18-12)13-7-6-8-14(19-2)15(13)20-3/h6-8,11,17H,4-5,9-10H2,1-3H3. The largest absolute Gasteiger partial charge is 0.493 e. The number of ether oxygens (including phenoxy) is 2. The Hall–Kier alpha value is -1.59. The number of nitrogens with zero attached hydrogens (tertiary/aromatic N) is 1. The van der Waals surface area contributed by atoms with Crippen LogP contribution in [0.2, 0.25) is 0 Å². The second-order valence-electron chi connectivity index (χ2n) is 4.72. The Labute approximate surface area is 130 Å². The molecule has 2 aromatic rings. The lowest BCUT2D eigenvalue weighted by molar-refractivity contribution is 0.356. The van der Waals surface area contributed by atoms with Crippen molar-refractivity contribution in [1.82, 2.24) is 10.3 Å². The lowest BCUT2D eigenvalue weighted by Crippen LogP contribution is -2.14. The van der Waals surface area contributed by atoms with Crippen molar-refractivity contribution in [1.29, 1.82) is 0 Å². The van der Waals surface area contributed by atoms with Crippen LogP contribution >= 0.6 is 11.3 Å². The van der Waals surface area contributed by atoms with E-state index >= 15 is 0 Å². The molecule has 0 aliphatic heterocycles. The quantitative estimate of drug-likeness (QED) is 0.755. The Kier molecular flexibility index (Phi) is 6.02. The fourth-order valence-corrected chi connectivity index (χ4v) is 2.93. The van der Waals surface area contributed by atoms with Crippen molar-refractivity contribution in [2.24, 2.45) is 0 Å². The number of benzene rings is 1. The molecule has 5 heteroatoms. The summed E-state index contributed by atoms with van der Waals surface area (Å²) in [6.07, 6.45) is 2.40. The number of methoxy groups -OCH3 is 2. The van der Waals surface area contributed by atoms with E-state index in [1.165, 1.54) is 12.8 Å². The van der Waals surface area contributed by atoms with Crippen LogP contribution in [-0.4, -0.2) is 25.7 Å². The van der Waals surface area contributed by atoms with E-state index in [9.17, 15) is 0 Å². The summed E-state index contributed by atoms with van der Waals surface area (Å²) >= 11 is 1.63. The Bertz CT molecular complexity index is 569. The van der Waals surface area contributed by atoms with Crippen molar-refractivity contribution in [2.75, 3.05) is 20.8 Å². The lowest BCUT2D eigenvalue weighted by atomic mass is 10.2. The van der Waals surface area contributed by atoms with E-state index in [0.29, 0.717) is 0 Å². The number of hydrogen-bond acceptors (Lipinski definition) is 5. The van der Waals surface area contributed by atoms with Crippen molar-refractivity contribution in [3.8, 4) is 22.1 Å². The first kappa shape index (κ1) is 15.8. The van der Waals surface area contributed by atoms with Crippen LogP contribution in [0.4, 0.5) is 0 Å². The average Bonchev–Trinajstić information content (AvgIpc) is 2.99. The molecule has 0 fully saturated rings. The van der Waals surface area contributed by atoms with Crippen molar-refractivity contribution < 1.29 is 9.47 Å². The normalized spacial score (nSPS) is 10.6.